The zero-order chi connectivity index (χ0) is 10.1. The first-order valence-electron chi connectivity index (χ1n) is 3.76. The summed E-state index contributed by atoms with van der Waals surface area (Å²) in [5.74, 6) is 0. The number of rotatable bonds is 1. The molecule has 0 aliphatic carbocycles. The normalized spacial score (nSPS) is 12.9. The van der Waals surface area contributed by atoms with E-state index < -0.39 is 11.1 Å². The lowest BCUT2D eigenvalue weighted by atomic mass is 10.3. The van der Waals surface area contributed by atoms with Gasteiger partial charge in [0.05, 0.1) is 15.8 Å². The third kappa shape index (κ3) is 1.34. The molecule has 6 heteroatoms. The van der Waals surface area contributed by atoms with Crippen molar-refractivity contribution in [2.45, 2.75) is 4.90 Å². The minimum absolute atomic E-state index is 0.000185. The average molecular weight is 209 g/mol. The molecule has 0 fully saturated rings. The lowest BCUT2D eigenvalue weighted by molar-refractivity contribution is 0.537. The Labute approximate surface area is 81.1 Å². The summed E-state index contributed by atoms with van der Waals surface area (Å²) < 4.78 is 21.5. The average Bonchev–Trinajstić information content (AvgIpc) is 2.18. The van der Waals surface area contributed by atoms with Crippen LogP contribution in [0.1, 0.15) is 0 Å². The molecular weight excluding hydrogens is 204 g/mol. The standard InChI is InChI=1S/C8H6N2O3S/c11-8-5-2-1-3-9-7(5)6(4-10-8)14(12)13/h1-4H,(H,10,11)(H,12,13)/p-1. The molecule has 14 heavy (non-hydrogen) atoms. The number of hydrogen-bond donors (Lipinski definition) is 1. The van der Waals surface area contributed by atoms with Gasteiger partial charge in [0.1, 0.15) is 0 Å². The molecule has 1 atom stereocenters. The zero-order valence-corrected chi connectivity index (χ0v) is 7.71. The molecule has 72 valence electrons. The molecule has 5 nitrogen and oxygen atoms in total. The fourth-order valence-electron chi connectivity index (χ4n) is 1.19. The fraction of sp³-hybridized carbons (Fsp3) is 0. The molecule has 1 N–H and O–H groups in total. The topological polar surface area (TPSA) is 85.9 Å². The Hall–Kier alpha value is -1.53. The predicted octanol–water partition coefficient (Wildman–Crippen LogP) is 0.161. The van der Waals surface area contributed by atoms with Crippen molar-refractivity contribution < 1.29 is 8.76 Å². The van der Waals surface area contributed by atoms with E-state index >= 15 is 0 Å². The summed E-state index contributed by atoms with van der Waals surface area (Å²) in [4.78, 5) is 17.4. The summed E-state index contributed by atoms with van der Waals surface area (Å²) in [6, 6.07) is 3.10. The Morgan fingerprint density at radius 2 is 2.29 bits per heavy atom. The largest absolute Gasteiger partial charge is 0.768 e. The van der Waals surface area contributed by atoms with Gasteiger partial charge in [-0.1, -0.05) is 0 Å². The molecule has 2 aromatic heterocycles. The Bertz CT molecular complexity index is 564. The molecule has 2 heterocycles. The van der Waals surface area contributed by atoms with Crippen molar-refractivity contribution in [2.24, 2.45) is 0 Å². The number of hydrogen-bond acceptors (Lipinski definition) is 4. The van der Waals surface area contributed by atoms with E-state index in [4.69, 9.17) is 0 Å². The van der Waals surface area contributed by atoms with Crippen LogP contribution in [0.25, 0.3) is 10.9 Å². The van der Waals surface area contributed by atoms with Crippen molar-refractivity contribution in [3.05, 3.63) is 34.9 Å². The maximum Gasteiger partial charge on any atom is 0.257 e. The van der Waals surface area contributed by atoms with E-state index in [2.05, 4.69) is 9.97 Å². The van der Waals surface area contributed by atoms with Crippen molar-refractivity contribution in [1.29, 1.82) is 0 Å². The van der Waals surface area contributed by atoms with Crippen molar-refractivity contribution in [3.63, 3.8) is 0 Å². The van der Waals surface area contributed by atoms with Gasteiger partial charge in [-0.15, -0.1) is 0 Å². The highest BCUT2D eigenvalue weighted by molar-refractivity contribution is 7.79. The molecule has 0 saturated carbocycles. The summed E-state index contributed by atoms with van der Waals surface area (Å²) in [5.41, 5.74) is -0.146. The molecule has 0 aliphatic heterocycles. The van der Waals surface area contributed by atoms with Gasteiger partial charge in [0, 0.05) is 12.4 Å². The van der Waals surface area contributed by atoms with Gasteiger partial charge in [-0.3, -0.25) is 14.0 Å². The van der Waals surface area contributed by atoms with Gasteiger partial charge in [-0.2, -0.15) is 0 Å². The van der Waals surface area contributed by atoms with Crippen molar-refractivity contribution in [1.82, 2.24) is 9.97 Å². The lowest BCUT2D eigenvalue weighted by Crippen LogP contribution is -2.08. The molecule has 2 aromatic rings. The van der Waals surface area contributed by atoms with Gasteiger partial charge in [-0.05, 0) is 23.2 Å². The first kappa shape index (κ1) is 9.04. The lowest BCUT2D eigenvalue weighted by Gasteiger charge is -2.06. The van der Waals surface area contributed by atoms with Crippen molar-refractivity contribution in [2.75, 3.05) is 0 Å². The molecule has 0 bridgehead atoms. The number of aromatic amines is 1. The molecular formula is C8H5N2O3S-. The SMILES string of the molecule is O=c1[nH]cc(S(=O)[O-])c2ncccc12. The second-order valence-electron chi connectivity index (χ2n) is 2.62. The number of aromatic nitrogens is 2. The van der Waals surface area contributed by atoms with Crippen LogP contribution in [0, 0.1) is 0 Å². The maximum atomic E-state index is 11.3. The third-order valence-electron chi connectivity index (χ3n) is 1.80. The van der Waals surface area contributed by atoms with Gasteiger partial charge >= 0.3 is 0 Å². The Balaban J connectivity index is 2.96. The van der Waals surface area contributed by atoms with E-state index in [0.717, 1.165) is 6.20 Å². The Morgan fingerprint density at radius 3 is 3.00 bits per heavy atom. The van der Waals surface area contributed by atoms with Gasteiger partial charge in [0.2, 0.25) is 0 Å². The second kappa shape index (κ2) is 3.32. The first-order valence-corrected chi connectivity index (χ1v) is 4.83. The van der Waals surface area contributed by atoms with Crippen LogP contribution in [-0.4, -0.2) is 18.7 Å². The summed E-state index contributed by atoms with van der Waals surface area (Å²) in [6.07, 6.45) is 2.58. The van der Waals surface area contributed by atoms with Crippen LogP contribution in [0.4, 0.5) is 0 Å². The molecule has 1 unspecified atom stereocenters. The van der Waals surface area contributed by atoms with Gasteiger partial charge in [-0.25, -0.2) is 0 Å². The number of pyridine rings is 2. The van der Waals surface area contributed by atoms with Crippen LogP contribution in [0.2, 0.25) is 0 Å². The number of nitrogens with zero attached hydrogens (tertiary/aromatic N) is 1. The van der Waals surface area contributed by atoms with Gasteiger partial charge < -0.3 is 9.54 Å². The van der Waals surface area contributed by atoms with E-state index in [-0.39, 0.29) is 21.4 Å². The zero-order valence-electron chi connectivity index (χ0n) is 6.89. The predicted molar refractivity (Wildman–Crippen MR) is 49.5 cm³/mol. The second-order valence-corrected chi connectivity index (χ2v) is 3.53. The quantitative estimate of drug-likeness (QED) is 0.678. The van der Waals surface area contributed by atoms with Crippen LogP contribution in [0.3, 0.4) is 0 Å². The number of fused-ring (bicyclic) bond motifs is 1. The van der Waals surface area contributed by atoms with Crippen LogP contribution in [-0.2, 0) is 11.1 Å². The monoisotopic (exact) mass is 209 g/mol. The molecule has 0 spiro atoms. The minimum Gasteiger partial charge on any atom is -0.768 e. The van der Waals surface area contributed by atoms with E-state index in [1.54, 1.807) is 6.07 Å². The minimum atomic E-state index is -2.39. The molecule has 0 radical (unpaired) electrons. The summed E-state index contributed by atoms with van der Waals surface area (Å²) in [7, 11) is 0. The van der Waals surface area contributed by atoms with Gasteiger partial charge in [0.15, 0.2) is 0 Å². The molecule has 0 amide bonds. The highest BCUT2D eigenvalue weighted by atomic mass is 32.2. The highest BCUT2D eigenvalue weighted by Gasteiger charge is 2.04. The Kier molecular flexibility index (Phi) is 2.14. The van der Waals surface area contributed by atoms with Gasteiger partial charge in [0.25, 0.3) is 5.56 Å². The van der Waals surface area contributed by atoms with E-state index in [0.29, 0.717) is 0 Å². The van der Waals surface area contributed by atoms with Crippen LogP contribution in [0.15, 0.2) is 34.2 Å². The molecule has 0 aromatic carbocycles. The van der Waals surface area contributed by atoms with E-state index in [1.165, 1.54) is 12.3 Å². The summed E-state index contributed by atoms with van der Waals surface area (Å²) in [6.45, 7) is 0. The summed E-state index contributed by atoms with van der Waals surface area (Å²) in [5, 5.41) is 0.272. The Morgan fingerprint density at radius 1 is 1.50 bits per heavy atom. The van der Waals surface area contributed by atoms with Crippen molar-refractivity contribution in [3.8, 4) is 0 Å². The van der Waals surface area contributed by atoms with Crippen LogP contribution in [0.5, 0.6) is 0 Å². The highest BCUT2D eigenvalue weighted by Crippen LogP contribution is 2.13. The maximum absolute atomic E-state index is 11.3. The summed E-state index contributed by atoms with van der Waals surface area (Å²) >= 11 is -2.39. The fourth-order valence-corrected chi connectivity index (χ4v) is 1.66. The van der Waals surface area contributed by atoms with Crippen molar-refractivity contribution >= 4 is 22.0 Å². The van der Waals surface area contributed by atoms with Crippen LogP contribution < -0.4 is 5.56 Å². The van der Waals surface area contributed by atoms with E-state index in [9.17, 15) is 13.6 Å². The third-order valence-corrected chi connectivity index (χ3v) is 2.47. The molecule has 0 saturated heterocycles. The molecule has 2 rings (SSSR count). The smallest absolute Gasteiger partial charge is 0.257 e. The first-order chi connectivity index (χ1) is 6.70. The molecule has 0 aliphatic rings. The van der Waals surface area contributed by atoms with Crippen LogP contribution >= 0.6 is 0 Å². The van der Waals surface area contributed by atoms with E-state index in [1.807, 2.05) is 0 Å². The number of H-pyrrole nitrogens is 1. The number of nitrogens with one attached hydrogen (secondary N) is 1.